The summed E-state index contributed by atoms with van der Waals surface area (Å²) in [5.74, 6) is -0.487. The van der Waals surface area contributed by atoms with Crippen molar-refractivity contribution in [3.05, 3.63) is 41.5 Å². The minimum Gasteiger partial charge on any atom is -0.444 e. The van der Waals surface area contributed by atoms with Crippen LogP contribution in [0.4, 0.5) is 10.5 Å². The van der Waals surface area contributed by atoms with Crippen molar-refractivity contribution in [1.82, 2.24) is 14.7 Å². The topological polar surface area (TPSA) is 73.4 Å². The highest BCUT2D eigenvalue weighted by Crippen LogP contribution is 2.36. The van der Waals surface area contributed by atoms with E-state index in [0.29, 0.717) is 50.4 Å². The molecule has 8 heteroatoms. The van der Waals surface area contributed by atoms with Gasteiger partial charge in [-0.25, -0.2) is 4.79 Å². The number of carbonyl (C=O) groups excluding carboxylic acids is 3. The molecule has 1 saturated heterocycles. The van der Waals surface area contributed by atoms with Gasteiger partial charge >= 0.3 is 6.09 Å². The Bertz CT molecular complexity index is 1080. The van der Waals surface area contributed by atoms with Crippen molar-refractivity contribution >= 4 is 34.4 Å². The van der Waals surface area contributed by atoms with Crippen LogP contribution in [0.2, 0.25) is 0 Å². The van der Waals surface area contributed by atoms with E-state index in [4.69, 9.17) is 4.74 Å². The zero-order valence-corrected chi connectivity index (χ0v) is 20.1. The van der Waals surface area contributed by atoms with Gasteiger partial charge in [0.25, 0.3) is 11.8 Å². The first-order chi connectivity index (χ1) is 15.6. The summed E-state index contributed by atoms with van der Waals surface area (Å²) in [6, 6.07) is 9.43. The number of amides is 3. The van der Waals surface area contributed by atoms with Crippen molar-refractivity contribution in [2.45, 2.75) is 26.4 Å². The molecule has 3 amide bonds. The molecule has 176 valence electrons. The van der Waals surface area contributed by atoms with Gasteiger partial charge in [-0.2, -0.15) is 0 Å². The lowest BCUT2D eigenvalue weighted by atomic mass is 9.92. The lowest BCUT2D eigenvalue weighted by molar-refractivity contribution is 0.0240. The predicted molar refractivity (Wildman–Crippen MR) is 128 cm³/mol. The highest BCUT2D eigenvalue weighted by Gasteiger charge is 2.34. The maximum atomic E-state index is 13.2. The molecule has 0 bridgehead atoms. The van der Waals surface area contributed by atoms with E-state index in [1.165, 1.54) is 4.90 Å². The standard InChI is InChI=1S/C25H32N4O4/c1-25(2,3)33-24(32)28-14-12-27(13-15-28)20-10-9-19-21-17(20)7-6-8-18(21)22(30)29(23(19)31)16-11-26(4)5/h6-10H,11-16H2,1-5H3. The Labute approximate surface area is 194 Å². The predicted octanol–water partition coefficient (Wildman–Crippen LogP) is 3.05. The second-order valence-corrected chi connectivity index (χ2v) is 9.88. The minimum atomic E-state index is -0.524. The van der Waals surface area contributed by atoms with Crippen molar-refractivity contribution in [3.63, 3.8) is 0 Å². The summed E-state index contributed by atoms with van der Waals surface area (Å²) >= 11 is 0. The van der Waals surface area contributed by atoms with Crippen molar-refractivity contribution in [2.75, 3.05) is 58.3 Å². The number of likely N-dealkylation sites (N-methyl/N-ethyl adjacent to an activating group) is 1. The fourth-order valence-corrected chi connectivity index (χ4v) is 4.37. The summed E-state index contributed by atoms with van der Waals surface area (Å²) < 4.78 is 5.50. The summed E-state index contributed by atoms with van der Waals surface area (Å²) in [6.45, 7) is 8.95. The van der Waals surface area contributed by atoms with E-state index in [1.807, 2.05) is 64.0 Å². The van der Waals surface area contributed by atoms with Crippen molar-refractivity contribution < 1.29 is 19.1 Å². The van der Waals surface area contributed by atoms with Gasteiger partial charge in [-0.1, -0.05) is 12.1 Å². The average molecular weight is 453 g/mol. The van der Waals surface area contributed by atoms with E-state index >= 15 is 0 Å². The Morgan fingerprint density at radius 1 is 0.970 bits per heavy atom. The number of ether oxygens (including phenoxy) is 1. The summed E-state index contributed by atoms with van der Waals surface area (Å²) in [5, 5.41) is 1.62. The van der Waals surface area contributed by atoms with Crippen molar-refractivity contribution in [2.24, 2.45) is 0 Å². The maximum Gasteiger partial charge on any atom is 0.410 e. The van der Waals surface area contributed by atoms with Crippen LogP contribution in [0, 0.1) is 0 Å². The Balaban J connectivity index is 1.59. The summed E-state index contributed by atoms with van der Waals surface area (Å²) in [5.41, 5.74) is 1.58. The number of imide groups is 1. The number of nitrogens with zero attached hydrogens (tertiary/aromatic N) is 4. The molecular formula is C25H32N4O4. The molecular weight excluding hydrogens is 420 g/mol. The molecule has 2 heterocycles. The van der Waals surface area contributed by atoms with Gasteiger partial charge in [0.2, 0.25) is 0 Å². The van der Waals surface area contributed by atoms with Gasteiger partial charge in [0.05, 0.1) is 0 Å². The second kappa shape index (κ2) is 8.67. The Kier molecular flexibility index (Phi) is 6.05. The van der Waals surface area contributed by atoms with Crippen LogP contribution < -0.4 is 4.90 Å². The molecule has 1 fully saturated rings. The molecule has 8 nitrogen and oxygen atoms in total. The number of anilines is 1. The third kappa shape index (κ3) is 4.53. The van der Waals surface area contributed by atoms with E-state index in [2.05, 4.69) is 4.90 Å². The molecule has 33 heavy (non-hydrogen) atoms. The molecule has 0 aliphatic carbocycles. The fraction of sp³-hybridized carbons (Fsp3) is 0.480. The number of benzene rings is 2. The molecule has 2 aromatic carbocycles. The van der Waals surface area contributed by atoms with Gasteiger partial charge in [-0.05, 0) is 53.1 Å². The van der Waals surface area contributed by atoms with Crippen LogP contribution in [0.25, 0.3) is 10.8 Å². The third-order valence-electron chi connectivity index (χ3n) is 6.01. The number of piperazine rings is 1. The zero-order chi connectivity index (χ0) is 23.9. The van der Waals surface area contributed by atoms with E-state index in [1.54, 1.807) is 11.0 Å². The van der Waals surface area contributed by atoms with Crippen LogP contribution in [0.15, 0.2) is 30.3 Å². The van der Waals surface area contributed by atoms with E-state index in [-0.39, 0.29) is 17.9 Å². The van der Waals surface area contributed by atoms with Crippen LogP contribution in [0.5, 0.6) is 0 Å². The van der Waals surface area contributed by atoms with Gasteiger partial charge < -0.3 is 19.4 Å². The highest BCUT2D eigenvalue weighted by atomic mass is 16.6. The SMILES string of the molecule is CN(C)CCN1C(=O)c2cccc3c(N4CCN(C(=O)OC(C)(C)C)CC4)ccc(c23)C1=O. The zero-order valence-electron chi connectivity index (χ0n) is 20.1. The number of carbonyl (C=O) groups is 3. The normalized spacial score (nSPS) is 16.7. The maximum absolute atomic E-state index is 13.2. The lowest BCUT2D eigenvalue weighted by Gasteiger charge is -2.37. The third-order valence-corrected chi connectivity index (χ3v) is 6.01. The monoisotopic (exact) mass is 452 g/mol. The van der Waals surface area contributed by atoms with Crippen LogP contribution in [0.1, 0.15) is 41.5 Å². The minimum absolute atomic E-state index is 0.244. The largest absolute Gasteiger partial charge is 0.444 e. The number of rotatable bonds is 4. The first kappa shape index (κ1) is 23.0. The quantitative estimate of drug-likeness (QED) is 0.664. The molecule has 0 saturated carbocycles. The lowest BCUT2D eigenvalue weighted by Crippen LogP contribution is -2.50. The molecule has 2 aromatic rings. The number of hydrogen-bond donors (Lipinski definition) is 0. The molecule has 0 radical (unpaired) electrons. The second-order valence-electron chi connectivity index (χ2n) is 9.88. The van der Waals surface area contributed by atoms with Gasteiger partial charge in [-0.15, -0.1) is 0 Å². The Morgan fingerprint density at radius 3 is 2.21 bits per heavy atom. The van der Waals surface area contributed by atoms with Crippen LogP contribution >= 0.6 is 0 Å². The molecule has 0 spiro atoms. The van der Waals surface area contributed by atoms with E-state index in [9.17, 15) is 14.4 Å². The molecule has 4 rings (SSSR count). The fourth-order valence-electron chi connectivity index (χ4n) is 4.37. The molecule has 0 unspecified atom stereocenters. The molecule has 0 aromatic heterocycles. The van der Waals surface area contributed by atoms with Crippen LogP contribution in [-0.2, 0) is 4.74 Å². The van der Waals surface area contributed by atoms with Gasteiger partial charge in [0.1, 0.15) is 5.60 Å². The molecule has 2 aliphatic rings. The highest BCUT2D eigenvalue weighted by molar-refractivity contribution is 6.26. The van der Waals surface area contributed by atoms with Gasteiger partial charge in [0, 0.05) is 66.9 Å². The molecule has 0 N–H and O–H groups in total. The van der Waals surface area contributed by atoms with Gasteiger partial charge in [-0.3, -0.25) is 14.5 Å². The Hall–Kier alpha value is -3.13. The first-order valence-electron chi connectivity index (χ1n) is 11.4. The Morgan fingerprint density at radius 2 is 1.61 bits per heavy atom. The summed E-state index contributed by atoms with van der Waals surface area (Å²) in [4.78, 5) is 46.0. The molecule has 0 atom stereocenters. The summed E-state index contributed by atoms with van der Waals surface area (Å²) in [7, 11) is 3.84. The average Bonchev–Trinajstić information content (AvgIpc) is 2.76. The number of hydrogen-bond acceptors (Lipinski definition) is 6. The van der Waals surface area contributed by atoms with Crippen molar-refractivity contribution in [1.29, 1.82) is 0 Å². The smallest absolute Gasteiger partial charge is 0.410 e. The molecule has 2 aliphatic heterocycles. The van der Waals surface area contributed by atoms with E-state index < -0.39 is 5.60 Å². The van der Waals surface area contributed by atoms with Gasteiger partial charge in [0.15, 0.2) is 0 Å². The first-order valence-corrected chi connectivity index (χ1v) is 11.4. The van der Waals surface area contributed by atoms with Crippen LogP contribution in [0.3, 0.4) is 0 Å². The van der Waals surface area contributed by atoms with E-state index in [0.717, 1.165) is 16.5 Å². The van der Waals surface area contributed by atoms with Crippen molar-refractivity contribution in [3.8, 4) is 0 Å². The summed E-state index contributed by atoms with van der Waals surface area (Å²) in [6.07, 6.45) is -0.298. The van der Waals surface area contributed by atoms with Crippen LogP contribution in [-0.4, -0.2) is 91.6 Å².